The van der Waals surface area contributed by atoms with E-state index in [-0.39, 0.29) is 24.1 Å². The molecule has 2 bridgehead atoms. The van der Waals surface area contributed by atoms with Crippen molar-refractivity contribution in [3.63, 3.8) is 0 Å². The average molecular weight is 557 g/mol. The Balaban J connectivity index is 1.43. The highest BCUT2D eigenvalue weighted by molar-refractivity contribution is 7.54. The Hall–Kier alpha value is -3.45. The van der Waals surface area contributed by atoms with Gasteiger partial charge in [0, 0.05) is 13.1 Å². The Morgan fingerprint density at radius 2 is 1.02 bits per heavy atom. The van der Waals surface area contributed by atoms with Gasteiger partial charge >= 0.3 is 7.67 Å². The third-order valence-corrected chi connectivity index (χ3v) is 10.6. The lowest BCUT2D eigenvalue weighted by Crippen LogP contribution is -2.53. The molecule has 4 aromatic rings. The van der Waals surface area contributed by atoms with Crippen molar-refractivity contribution >= 4 is 7.67 Å². The van der Waals surface area contributed by atoms with Crippen molar-refractivity contribution in [2.75, 3.05) is 0 Å². The quantitative estimate of drug-likeness (QED) is 0.247. The average Bonchev–Trinajstić information content (AvgIpc) is 3.22. The fourth-order valence-corrected chi connectivity index (χ4v) is 8.86. The van der Waals surface area contributed by atoms with Gasteiger partial charge in [-0.15, -0.1) is 0 Å². The SMILES string of the molecule is O=[P@@]12OC([C@@H](O)[C@@H](Cc3ccccc3)N1Cc1ccc(O)cc1)[C@@H](Cc1ccccc1)N2Cc1ccc(O)cc1. The molecule has 0 aliphatic carbocycles. The van der Waals surface area contributed by atoms with Crippen molar-refractivity contribution in [1.82, 2.24) is 9.34 Å². The number of hydrogen-bond donors (Lipinski definition) is 3. The molecule has 6 rings (SSSR count). The first-order chi connectivity index (χ1) is 19.4. The van der Waals surface area contributed by atoms with Crippen LogP contribution in [-0.2, 0) is 35.0 Å². The zero-order valence-corrected chi connectivity index (χ0v) is 22.9. The number of hydrogen-bond acceptors (Lipinski definition) is 5. The summed E-state index contributed by atoms with van der Waals surface area (Å²) in [5, 5.41) is 31.6. The van der Waals surface area contributed by atoms with Gasteiger partial charge in [-0.05, 0) is 59.4 Å². The highest BCUT2D eigenvalue weighted by Gasteiger charge is 2.62. The van der Waals surface area contributed by atoms with E-state index in [1.54, 1.807) is 36.4 Å². The largest absolute Gasteiger partial charge is 0.508 e. The topological polar surface area (TPSA) is 93.5 Å². The van der Waals surface area contributed by atoms with Gasteiger partial charge in [-0.25, -0.2) is 9.34 Å². The predicted octanol–water partition coefficient (Wildman–Crippen LogP) is 5.51. The number of rotatable bonds is 8. The molecular formula is C32H33N2O5P. The van der Waals surface area contributed by atoms with E-state index in [1.807, 2.05) is 82.1 Å². The van der Waals surface area contributed by atoms with Crippen LogP contribution in [0.25, 0.3) is 0 Å². The molecule has 0 spiro atoms. The van der Waals surface area contributed by atoms with Gasteiger partial charge in [0.1, 0.15) is 17.6 Å². The van der Waals surface area contributed by atoms with E-state index >= 15 is 4.57 Å². The van der Waals surface area contributed by atoms with Gasteiger partial charge in [-0.1, -0.05) is 84.9 Å². The van der Waals surface area contributed by atoms with E-state index in [2.05, 4.69) is 0 Å². The summed E-state index contributed by atoms with van der Waals surface area (Å²) in [6.07, 6.45) is -0.462. The van der Waals surface area contributed by atoms with Crippen LogP contribution in [0, 0.1) is 0 Å². The standard InChI is InChI=1S/C32H33N2O5P/c35-27-15-11-25(12-16-27)21-33-29(19-23-7-3-1-4-8-23)31(37)32-30(20-24-9-5-2-6-10-24)34(40(33,38)39-32)22-26-13-17-28(36)18-14-26/h1-18,29-32,35-37H,19-22H2/t29-,30-,31+,32?,40-/m1/s1. The zero-order valence-electron chi connectivity index (χ0n) is 22.0. The van der Waals surface area contributed by atoms with Crippen molar-refractivity contribution in [1.29, 1.82) is 0 Å². The van der Waals surface area contributed by atoms with Gasteiger partial charge in [0.25, 0.3) is 0 Å². The van der Waals surface area contributed by atoms with Crippen molar-refractivity contribution in [2.45, 2.75) is 50.2 Å². The predicted molar refractivity (Wildman–Crippen MR) is 154 cm³/mol. The summed E-state index contributed by atoms with van der Waals surface area (Å²) in [5.74, 6) is 0.323. The molecule has 0 saturated carbocycles. The number of aliphatic hydroxyl groups excluding tert-OH is 1. The van der Waals surface area contributed by atoms with E-state index in [0.717, 1.165) is 22.3 Å². The number of phenolic OH excluding ortho intramolecular Hbond substituents is 2. The van der Waals surface area contributed by atoms with E-state index in [4.69, 9.17) is 4.52 Å². The zero-order chi connectivity index (χ0) is 27.7. The van der Waals surface area contributed by atoms with E-state index in [9.17, 15) is 15.3 Å². The number of nitrogens with zero attached hydrogens (tertiary/aromatic N) is 2. The lowest BCUT2D eigenvalue weighted by Gasteiger charge is -2.43. The van der Waals surface area contributed by atoms with E-state index in [1.165, 1.54) is 0 Å². The fourth-order valence-electron chi connectivity index (χ4n) is 5.88. The third-order valence-electron chi connectivity index (χ3n) is 7.92. The van der Waals surface area contributed by atoms with Crippen molar-refractivity contribution in [3.8, 4) is 11.5 Å². The van der Waals surface area contributed by atoms with Crippen LogP contribution in [0.3, 0.4) is 0 Å². The summed E-state index contributed by atoms with van der Waals surface area (Å²) in [6, 6.07) is 32.9. The molecule has 206 valence electrons. The van der Waals surface area contributed by atoms with Gasteiger partial charge in [-0.2, -0.15) is 0 Å². The lowest BCUT2D eigenvalue weighted by molar-refractivity contribution is -0.0378. The Kier molecular flexibility index (Phi) is 7.49. The minimum absolute atomic E-state index is 0.156. The molecule has 40 heavy (non-hydrogen) atoms. The first-order valence-corrected chi connectivity index (χ1v) is 15.1. The number of aliphatic hydroxyl groups is 1. The van der Waals surface area contributed by atoms with Gasteiger partial charge in [-0.3, -0.25) is 9.09 Å². The van der Waals surface area contributed by atoms with Gasteiger partial charge < -0.3 is 15.3 Å². The molecule has 3 N–H and O–H groups in total. The molecule has 2 aliphatic heterocycles. The molecular weight excluding hydrogens is 523 g/mol. The molecule has 0 radical (unpaired) electrons. The molecule has 0 amide bonds. The van der Waals surface area contributed by atoms with E-state index in [0.29, 0.717) is 19.4 Å². The maximum Gasteiger partial charge on any atom is 0.347 e. The van der Waals surface area contributed by atoms with Crippen molar-refractivity contribution in [2.24, 2.45) is 0 Å². The molecule has 5 atom stereocenters. The van der Waals surface area contributed by atoms with Crippen LogP contribution >= 0.6 is 7.67 Å². The highest BCUT2D eigenvalue weighted by Crippen LogP contribution is 2.67. The second-order valence-electron chi connectivity index (χ2n) is 10.6. The Bertz CT molecular complexity index is 1430. The minimum Gasteiger partial charge on any atom is -0.508 e. The number of fused-ring (bicyclic) bond motifs is 2. The van der Waals surface area contributed by atoms with Crippen LogP contribution in [0.1, 0.15) is 22.3 Å². The summed E-state index contributed by atoms with van der Waals surface area (Å²) in [5.41, 5.74) is 3.86. The van der Waals surface area contributed by atoms with Crippen LogP contribution in [0.2, 0.25) is 0 Å². The number of benzene rings is 4. The second-order valence-corrected chi connectivity index (χ2v) is 12.8. The normalized spacial score (nSPS) is 26.6. The van der Waals surface area contributed by atoms with Crippen LogP contribution in [0.4, 0.5) is 0 Å². The first-order valence-electron chi connectivity index (χ1n) is 13.5. The van der Waals surface area contributed by atoms with Crippen molar-refractivity contribution in [3.05, 3.63) is 131 Å². The highest BCUT2D eigenvalue weighted by atomic mass is 31.2. The van der Waals surface area contributed by atoms with Crippen LogP contribution in [-0.4, -0.2) is 49.0 Å². The van der Waals surface area contributed by atoms with Crippen LogP contribution in [0.15, 0.2) is 109 Å². The minimum atomic E-state index is -3.64. The molecule has 7 nitrogen and oxygen atoms in total. The lowest BCUT2D eigenvalue weighted by atomic mass is 9.91. The number of phenols is 2. The van der Waals surface area contributed by atoms with Crippen LogP contribution in [0.5, 0.6) is 11.5 Å². The molecule has 2 heterocycles. The molecule has 8 heteroatoms. The maximum atomic E-state index is 15.2. The third kappa shape index (κ3) is 5.31. The molecule has 2 fully saturated rings. The van der Waals surface area contributed by atoms with Crippen molar-refractivity contribution < 1.29 is 24.4 Å². The molecule has 0 aromatic heterocycles. The molecule has 2 aliphatic rings. The number of aromatic hydroxyl groups is 2. The summed E-state index contributed by atoms with van der Waals surface area (Å²) in [4.78, 5) is 0. The summed E-state index contributed by atoms with van der Waals surface area (Å²) in [7, 11) is -3.64. The fraction of sp³-hybridized carbons (Fsp3) is 0.250. The van der Waals surface area contributed by atoms with Crippen LogP contribution < -0.4 is 0 Å². The van der Waals surface area contributed by atoms with E-state index < -0.39 is 25.9 Å². The van der Waals surface area contributed by atoms with Gasteiger partial charge in [0.15, 0.2) is 0 Å². The Labute approximate surface area is 234 Å². The second kappa shape index (κ2) is 11.2. The Morgan fingerprint density at radius 1 is 0.600 bits per heavy atom. The summed E-state index contributed by atoms with van der Waals surface area (Å²) >= 11 is 0. The summed E-state index contributed by atoms with van der Waals surface area (Å²) in [6.45, 7) is 0.616. The molecule has 1 unspecified atom stereocenters. The van der Waals surface area contributed by atoms with Gasteiger partial charge in [0.2, 0.25) is 0 Å². The monoisotopic (exact) mass is 556 g/mol. The first kappa shape index (κ1) is 26.8. The Morgan fingerprint density at radius 3 is 1.50 bits per heavy atom. The molecule has 2 saturated heterocycles. The van der Waals surface area contributed by atoms with Gasteiger partial charge in [0.05, 0.1) is 18.2 Å². The molecule has 4 aromatic carbocycles. The smallest absolute Gasteiger partial charge is 0.347 e. The maximum absolute atomic E-state index is 15.2. The summed E-state index contributed by atoms with van der Waals surface area (Å²) < 4.78 is 25.4.